The number of aryl methyl sites for hydroxylation is 2. The third-order valence-corrected chi connectivity index (χ3v) is 3.00. The van der Waals surface area contributed by atoms with Crippen molar-refractivity contribution in [3.05, 3.63) is 41.7 Å². The van der Waals surface area contributed by atoms with Gasteiger partial charge >= 0.3 is 0 Å². The number of amides is 1. The first-order valence-corrected chi connectivity index (χ1v) is 7.41. The Kier molecular flexibility index (Phi) is 5.09. The van der Waals surface area contributed by atoms with Crippen molar-refractivity contribution in [1.82, 2.24) is 9.97 Å². The van der Waals surface area contributed by atoms with Crippen LogP contribution in [0.4, 0.5) is 17.3 Å². The molecule has 1 aromatic carbocycles. The Labute approximate surface area is 131 Å². The lowest BCUT2D eigenvalue weighted by atomic mass is 10.1. The predicted molar refractivity (Wildman–Crippen MR) is 89.3 cm³/mol. The van der Waals surface area contributed by atoms with E-state index in [0.717, 1.165) is 22.8 Å². The molecule has 0 aliphatic carbocycles. The maximum Gasteiger partial charge on any atom is 0.227 e. The minimum atomic E-state index is 0.0355. The predicted octanol–water partition coefficient (Wildman–Crippen LogP) is 3.82. The summed E-state index contributed by atoms with van der Waals surface area (Å²) in [7, 11) is 0. The molecule has 0 aliphatic heterocycles. The van der Waals surface area contributed by atoms with E-state index in [0.29, 0.717) is 18.3 Å². The van der Waals surface area contributed by atoms with Crippen LogP contribution in [-0.4, -0.2) is 15.9 Å². The molecule has 5 nitrogen and oxygen atoms in total. The molecule has 1 heterocycles. The van der Waals surface area contributed by atoms with Crippen molar-refractivity contribution in [2.45, 2.75) is 34.1 Å². The second-order valence-corrected chi connectivity index (χ2v) is 5.82. The summed E-state index contributed by atoms with van der Waals surface area (Å²) in [6, 6.07) is 9.45. The fourth-order valence-electron chi connectivity index (χ4n) is 2.13. The van der Waals surface area contributed by atoms with E-state index in [2.05, 4.69) is 20.6 Å². The molecular weight excluding hydrogens is 276 g/mol. The number of anilines is 3. The highest BCUT2D eigenvalue weighted by molar-refractivity contribution is 5.91. The van der Waals surface area contributed by atoms with Crippen LogP contribution in [0.5, 0.6) is 0 Å². The molecule has 2 N–H and O–H groups in total. The van der Waals surface area contributed by atoms with Crippen LogP contribution in [0.2, 0.25) is 0 Å². The third-order valence-electron chi connectivity index (χ3n) is 3.00. The van der Waals surface area contributed by atoms with Crippen LogP contribution in [0, 0.1) is 19.8 Å². The van der Waals surface area contributed by atoms with E-state index in [4.69, 9.17) is 0 Å². The molecule has 5 heteroatoms. The standard InChI is InChI=1S/C17H22N4O/c1-11(2)9-16(22)20-14-5-7-15(8-6-14)21-17-18-12(3)10-13(4)19-17/h5-8,10-11H,9H2,1-4H3,(H,20,22)(H,18,19,21). The van der Waals surface area contributed by atoms with E-state index in [9.17, 15) is 4.79 Å². The van der Waals surface area contributed by atoms with Crippen LogP contribution in [0.15, 0.2) is 30.3 Å². The van der Waals surface area contributed by atoms with Gasteiger partial charge in [0.15, 0.2) is 0 Å². The summed E-state index contributed by atoms with van der Waals surface area (Å²) in [5, 5.41) is 6.05. The van der Waals surface area contributed by atoms with Crippen LogP contribution in [0.3, 0.4) is 0 Å². The highest BCUT2D eigenvalue weighted by atomic mass is 16.1. The molecule has 0 aliphatic rings. The number of aromatic nitrogens is 2. The first-order chi connectivity index (χ1) is 10.4. The lowest BCUT2D eigenvalue weighted by Gasteiger charge is -2.09. The average molecular weight is 298 g/mol. The van der Waals surface area contributed by atoms with Gasteiger partial charge in [0.1, 0.15) is 0 Å². The van der Waals surface area contributed by atoms with Gasteiger partial charge in [0, 0.05) is 29.2 Å². The molecule has 0 bridgehead atoms. The van der Waals surface area contributed by atoms with Crippen molar-refractivity contribution in [3.8, 4) is 0 Å². The summed E-state index contributed by atoms with van der Waals surface area (Å²) in [6.07, 6.45) is 0.524. The Morgan fingerprint density at radius 1 is 1.05 bits per heavy atom. The van der Waals surface area contributed by atoms with Crippen LogP contribution in [0.1, 0.15) is 31.7 Å². The van der Waals surface area contributed by atoms with E-state index in [1.807, 2.05) is 58.0 Å². The number of hydrogen-bond acceptors (Lipinski definition) is 4. The van der Waals surface area contributed by atoms with Gasteiger partial charge in [-0.1, -0.05) is 13.8 Å². The lowest BCUT2D eigenvalue weighted by molar-refractivity contribution is -0.116. The molecule has 2 aromatic rings. The first kappa shape index (κ1) is 15.9. The van der Waals surface area contributed by atoms with E-state index in [1.54, 1.807) is 0 Å². The van der Waals surface area contributed by atoms with E-state index in [-0.39, 0.29) is 5.91 Å². The SMILES string of the molecule is Cc1cc(C)nc(Nc2ccc(NC(=O)CC(C)C)cc2)n1. The smallest absolute Gasteiger partial charge is 0.227 e. The molecule has 0 saturated heterocycles. The number of rotatable bonds is 5. The van der Waals surface area contributed by atoms with Gasteiger partial charge in [-0.25, -0.2) is 9.97 Å². The molecule has 0 atom stereocenters. The quantitative estimate of drug-likeness (QED) is 0.880. The highest BCUT2D eigenvalue weighted by Gasteiger charge is 2.05. The minimum Gasteiger partial charge on any atom is -0.326 e. The van der Waals surface area contributed by atoms with E-state index in [1.165, 1.54) is 0 Å². The van der Waals surface area contributed by atoms with Crippen LogP contribution in [-0.2, 0) is 4.79 Å². The Balaban J connectivity index is 2.01. The minimum absolute atomic E-state index is 0.0355. The van der Waals surface area contributed by atoms with Crippen LogP contribution >= 0.6 is 0 Å². The fourth-order valence-corrected chi connectivity index (χ4v) is 2.13. The number of carbonyl (C=O) groups is 1. The molecule has 0 spiro atoms. The Hall–Kier alpha value is -2.43. The van der Waals surface area contributed by atoms with Crippen LogP contribution < -0.4 is 10.6 Å². The molecule has 116 valence electrons. The number of nitrogens with one attached hydrogen (secondary N) is 2. The summed E-state index contributed by atoms with van der Waals surface area (Å²) in [5.41, 5.74) is 3.52. The zero-order valence-electron chi connectivity index (χ0n) is 13.5. The molecular formula is C17H22N4O. The summed E-state index contributed by atoms with van der Waals surface area (Å²) in [5.74, 6) is 0.963. The average Bonchev–Trinajstić information content (AvgIpc) is 2.39. The van der Waals surface area contributed by atoms with E-state index < -0.39 is 0 Å². The van der Waals surface area contributed by atoms with Gasteiger partial charge in [-0.05, 0) is 50.1 Å². The number of nitrogens with zero attached hydrogens (tertiary/aromatic N) is 2. The molecule has 2 rings (SSSR count). The van der Waals surface area contributed by atoms with Crippen molar-refractivity contribution in [2.24, 2.45) is 5.92 Å². The summed E-state index contributed by atoms with van der Waals surface area (Å²) >= 11 is 0. The zero-order chi connectivity index (χ0) is 16.1. The maximum atomic E-state index is 11.7. The van der Waals surface area contributed by atoms with Crippen molar-refractivity contribution in [3.63, 3.8) is 0 Å². The van der Waals surface area contributed by atoms with Gasteiger partial charge < -0.3 is 10.6 Å². The van der Waals surface area contributed by atoms with E-state index >= 15 is 0 Å². The van der Waals surface area contributed by atoms with Crippen molar-refractivity contribution in [2.75, 3.05) is 10.6 Å². The zero-order valence-corrected chi connectivity index (χ0v) is 13.5. The number of carbonyl (C=O) groups excluding carboxylic acids is 1. The summed E-state index contributed by atoms with van der Waals surface area (Å²) in [6.45, 7) is 7.92. The molecule has 0 saturated carbocycles. The first-order valence-electron chi connectivity index (χ1n) is 7.41. The molecule has 22 heavy (non-hydrogen) atoms. The summed E-state index contributed by atoms with van der Waals surface area (Å²) < 4.78 is 0. The van der Waals surface area contributed by atoms with Gasteiger partial charge in [-0.15, -0.1) is 0 Å². The Morgan fingerprint density at radius 2 is 1.59 bits per heavy atom. The Morgan fingerprint density at radius 3 is 2.14 bits per heavy atom. The fraction of sp³-hybridized carbons (Fsp3) is 0.353. The maximum absolute atomic E-state index is 11.7. The van der Waals surface area contributed by atoms with Gasteiger partial charge in [0.25, 0.3) is 0 Å². The molecule has 0 fully saturated rings. The van der Waals surface area contributed by atoms with Gasteiger partial charge in [-0.2, -0.15) is 0 Å². The number of hydrogen-bond donors (Lipinski definition) is 2. The number of benzene rings is 1. The monoisotopic (exact) mass is 298 g/mol. The molecule has 1 aromatic heterocycles. The normalized spacial score (nSPS) is 10.6. The topological polar surface area (TPSA) is 66.9 Å². The van der Waals surface area contributed by atoms with Crippen LogP contribution in [0.25, 0.3) is 0 Å². The second kappa shape index (κ2) is 7.02. The van der Waals surface area contributed by atoms with Gasteiger partial charge in [0.2, 0.25) is 11.9 Å². The Bertz CT molecular complexity index is 630. The van der Waals surface area contributed by atoms with Gasteiger partial charge in [-0.3, -0.25) is 4.79 Å². The molecule has 1 amide bonds. The van der Waals surface area contributed by atoms with Crippen molar-refractivity contribution < 1.29 is 4.79 Å². The molecule has 0 radical (unpaired) electrons. The van der Waals surface area contributed by atoms with Crippen molar-refractivity contribution >= 4 is 23.2 Å². The second-order valence-electron chi connectivity index (χ2n) is 5.82. The third kappa shape index (κ3) is 4.84. The summed E-state index contributed by atoms with van der Waals surface area (Å²) in [4.78, 5) is 20.4. The largest absolute Gasteiger partial charge is 0.326 e. The molecule has 0 unspecified atom stereocenters. The van der Waals surface area contributed by atoms with Gasteiger partial charge in [0.05, 0.1) is 0 Å². The lowest BCUT2D eigenvalue weighted by Crippen LogP contribution is -2.13. The highest BCUT2D eigenvalue weighted by Crippen LogP contribution is 2.17. The van der Waals surface area contributed by atoms with Crippen molar-refractivity contribution in [1.29, 1.82) is 0 Å².